The molecule has 0 aromatic heterocycles. The van der Waals surface area contributed by atoms with Crippen molar-refractivity contribution in [2.24, 2.45) is 0 Å². The van der Waals surface area contributed by atoms with E-state index in [1.165, 1.54) is 5.56 Å². The van der Waals surface area contributed by atoms with Gasteiger partial charge in [-0.2, -0.15) is 0 Å². The highest BCUT2D eigenvalue weighted by Gasteiger charge is 1.97. The number of rotatable bonds is 4. The van der Waals surface area contributed by atoms with Gasteiger partial charge in [-0.05, 0) is 46.6 Å². The molecule has 1 aromatic carbocycles. The predicted molar refractivity (Wildman–Crippen MR) is 61.1 cm³/mol. The highest BCUT2D eigenvalue weighted by Crippen LogP contribution is 2.22. The average molecular weight is 263 g/mol. The topological polar surface area (TPSA) is 12.0 Å². The normalized spacial score (nSPS) is 10.4. The van der Waals surface area contributed by atoms with Gasteiger partial charge in [0.1, 0.15) is 0 Å². The van der Waals surface area contributed by atoms with Crippen LogP contribution < -0.4 is 5.32 Å². The molecule has 0 heterocycles. The highest BCUT2D eigenvalue weighted by molar-refractivity contribution is 9.10. The maximum absolute atomic E-state index is 5.87. The van der Waals surface area contributed by atoms with E-state index < -0.39 is 0 Å². The van der Waals surface area contributed by atoms with Crippen LogP contribution in [0, 0.1) is 0 Å². The van der Waals surface area contributed by atoms with E-state index in [0.29, 0.717) is 0 Å². The van der Waals surface area contributed by atoms with Gasteiger partial charge >= 0.3 is 0 Å². The summed E-state index contributed by atoms with van der Waals surface area (Å²) in [4.78, 5) is 0. The maximum atomic E-state index is 5.87. The van der Waals surface area contributed by atoms with Gasteiger partial charge in [-0.3, -0.25) is 0 Å². The van der Waals surface area contributed by atoms with E-state index in [-0.39, 0.29) is 0 Å². The van der Waals surface area contributed by atoms with E-state index in [9.17, 15) is 0 Å². The summed E-state index contributed by atoms with van der Waals surface area (Å²) < 4.78 is 0.963. The fourth-order valence-electron chi connectivity index (χ4n) is 1.06. The molecule has 3 heteroatoms. The molecule has 0 aliphatic heterocycles. The number of nitrogens with one attached hydrogen (secondary N) is 1. The molecular formula is C10H13BrClN. The van der Waals surface area contributed by atoms with Gasteiger partial charge in [0.05, 0.1) is 5.02 Å². The van der Waals surface area contributed by atoms with Crippen molar-refractivity contribution in [3.05, 3.63) is 33.3 Å². The molecular weight excluding hydrogens is 249 g/mol. The molecule has 0 radical (unpaired) electrons. The molecule has 0 bridgehead atoms. The minimum atomic E-state index is 0.763. The van der Waals surface area contributed by atoms with Crippen molar-refractivity contribution >= 4 is 27.5 Å². The average Bonchev–Trinajstić information content (AvgIpc) is 2.12. The summed E-state index contributed by atoms with van der Waals surface area (Å²) in [6.45, 7) is 4.12. The summed E-state index contributed by atoms with van der Waals surface area (Å²) in [5, 5.41) is 4.10. The summed E-state index contributed by atoms with van der Waals surface area (Å²) in [6.07, 6.45) is 1.16. The molecule has 0 atom stereocenters. The summed E-state index contributed by atoms with van der Waals surface area (Å²) in [6, 6.07) is 6.00. The van der Waals surface area contributed by atoms with Gasteiger partial charge in [-0.1, -0.05) is 24.6 Å². The van der Waals surface area contributed by atoms with Gasteiger partial charge in [-0.25, -0.2) is 0 Å². The number of halogens is 2. The lowest BCUT2D eigenvalue weighted by Crippen LogP contribution is -2.13. The summed E-state index contributed by atoms with van der Waals surface area (Å²) in [7, 11) is 0. The van der Waals surface area contributed by atoms with Gasteiger partial charge in [0.15, 0.2) is 0 Å². The molecule has 0 spiro atoms. The SMILES string of the molecule is CCCNCc1ccc(Cl)c(Br)c1. The molecule has 0 saturated heterocycles. The quantitative estimate of drug-likeness (QED) is 0.818. The first kappa shape index (κ1) is 11.0. The van der Waals surface area contributed by atoms with Crippen molar-refractivity contribution in [2.75, 3.05) is 6.54 Å². The Balaban J connectivity index is 2.53. The van der Waals surface area contributed by atoms with Crippen LogP contribution in [0.5, 0.6) is 0 Å². The van der Waals surface area contributed by atoms with Gasteiger partial charge in [0.25, 0.3) is 0 Å². The molecule has 1 aromatic rings. The van der Waals surface area contributed by atoms with Crippen LogP contribution in [0.3, 0.4) is 0 Å². The van der Waals surface area contributed by atoms with Gasteiger partial charge in [0, 0.05) is 11.0 Å². The zero-order chi connectivity index (χ0) is 9.68. The van der Waals surface area contributed by atoms with Crippen LogP contribution in [0.15, 0.2) is 22.7 Å². The van der Waals surface area contributed by atoms with Crippen LogP contribution in [0.1, 0.15) is 18.9 Å². The Morgan fingerprint density at radius 2 is 2.23 bits per heavy atom. The zero-order valence-electron chi connectivity index (χ0n) is 7.61. The first-order chi connectivity index (χ1) is 6.24. The molecule has 0 amide bonds. The van der Waals surface area contributed by atoms with Crippen molar-refractivity contribution in [1.82, 2.24) is 5.32 Å². The lowest BCUT2D eigenvalue weighted by Gasteiger charge is -2.04. The van der Waals surface area contributed by atoms with E-state index in [4.69, 9.17) is 11.6 Å². The highest BCUT2D eigenvalue weighted by atomic mass is 79.9. The molecule has 0 aliphatic rings. The van der Waals surface area contributed by atoms with Crippen molar-refractivity contribution in [3.63, 3.8) is 0 Å². The molecule has 72 valence electrons. The second-order valence-corrected chi connectivity index (χ2v) is 4.19. The van der Waals surface area contributed by atoms with Crippen LogP contribution in [-0.4, -0.2) is 6.54 Å². The smallest absolute Gasteiger partial charge is 0.0548 e. The maximum Gasteiger partial charge on any atom is 0.0548 e. The van der Waals surface area contributed by atoms with Crippen molar-refractivity contribution in [2.45, 2.75) is 19.9 Å². The van der Waals surface area contributed by atoms with E-state index in [0.717, 1.165) is 29.0 Å². The van der Waals surface area contributed by atoms with Crippen LogP contribution in [0.2, 0.25) is 5.02 Å². The van der Waals surface area contributed by atoms with Gasteiger partial charge < -0.3 is 5.32 Å². The minimum absolute atomic E-state index is 0.763. The third-order valence-electron chi connectivity index (χ3n) is 1.74. The molecule has 0 saturated carbocycles. The van der Waals surface area contributed by atoms with Crippen molar-refractivity contribution in [1.29, 1.82) is 0 Å². The first-order valence-corrected chi connectivity index (χ1v) is 5.55. The largest absolute Gasteiger partial charge is 0.313 e. The first-order valence-electron chi connectivity index (χ1n) is 4.38. The summed E-state index contributed by atoms with van der Waals surface area (Å²) in [5.74, 6) is 0. The molecule has 0 fully saturated rings. The van der Waals surface area contributed by atoms with E-state index in [1.54, 1.807) is 0 Å². The fourth-order valence-corrected chi connectivity index (χ4v) is 1.60. The Morgan fingerprint density at radius 3 is 2.85 bits per heavy atom. The van der Waals surface area contributed by atoms with Crippen molar-refractivity contribution < 1.29 is 0 Å². The van der Waals surface area contributed by atoms with Gasteiger partial charge in [0.2, 0.25) is 0 Å². The van der Waals surface area contributed by atoms with Crippen LogP contribution in [0.25, 0.3) is 0 Å². The molecule has 0 unspecified atom stereocenters. The number of benzene rings is 1. The molecule has 0 aliphatic carbocycles. The summed E-state index contributed by atoms with van der Waals surface area (Å²) >= 11 is 9.27. The fraction of sp³-hybridized carbons (Fsp3) is 0.400. The van der Waals surface area contributed by atoms with E-state index >= 15 is 0 Å². The monoisotopic (exact) mass is 261 g/mol. The Labute approximate surface area is 92.6 Å². The van der Waals surface area contributed by atoms with Gasteiger partial charge in [-0.15, -0.1) is 0 Å². The minimum Gasteiger partial charge on any atom is -0.313 e. The lowest BCUT2D eigenvalue weighted by atomic mass is 10.2. The van der Waals surface area contributed by atoms with Crippen LogP contribution in [-0.2, 0) is 6.54 Å². The Kier molecular flexibility index (Phi) is 4.78. The standard InChI is InChI=1S/C10H13BrClN/c1-2-5-13-7-8-3-4-10(12)9(11)6-8/h3-4,6,13H,2,5,7H2,1H3. The molecule has 1 N–H and O–H groups in total. The van der Waals surface area contributed by atoms with Crippen LogP contribution >= 0.6 is 27.5 Å². The Bertz CT molecular complexity index is 276. The summed E-state index contributed by atoms with van der Waals surface area (Å²) in [5.41, 5.74) is 1.25. The predicted octanol–water partition coefficient (Wildman–Crippen LogP) is 3.60. The third-order valence-corrected chi connectivity index (χ3v) is 2.95. The second-order valence-electron chi connectivity index (χ2n) is 2.93. The van der Waals surface area contributed by atoms with E-state index in [1.807, 2.05) is 18.2 Å². The zero-order valence-corrected chi connectivity index (χ0v) is 9.95. The number of hydrogen-bond acceptors (Lipinski definition) is 1. The van der Waals surface area contributed by atoms with E-state index in [2.05, 4.69) is 28.2 Å². The second kappa shape index (κ2) is 5.63. The van der Waals surface area contributed by atoms with Crippen molar-refractivity contribution in [3.8, 4) is 0 Å². The molecule has 1 nitrogen and oxygen atoms in total. The molecule has 1 rings (SSSR count). The number of hydrogen-bond donors (Lipinski definition) is 1. The third kappa shape index (κ3) is 3.67. The Morgan fingerprint density at radius 1 is 1.46 bits per heavy atom. The Hall–Kier alpha value is -0.0500. The lowest BCUT2D eigenvalue weighted by molar-refractivity contribution is 0.675. The molecule has 13 heavy (non-hydrogen) atoms. The van der Waals surface area contributed by atoms with Crippen LogP contribution in [0.4, 0.5) is 0 Å².